The van der Waals surface area contributed by atoms with E-state index in [-0.39, 0.29) is 11.3 Å². The number of halogens is 1. The molecular weight excluding hydrogens is 504 g/mol. The molecule has 0 bridgehead atoms. The van der Waals surface area contributed by atoms with Gasteiger partial charge < -0.3 is 14.8 Å². The molecule has 0 aliphatic rings. The van der Waals surface area contributed by atoms with Gasteiger partial charge in [-0.05, 0) is 61.4 Å². The molecule has 192 valence electrons. The fraction of sp³-hybridized carbons (Fsp3) is 0.138. The molecule has 9 heteroatoms. The van der Waals surface area contributed by atoms with Crippen LogP contribution in [0, 0.1) is 6.92 Å². The largest absolute Gasteiger partial charge is 0.497 e. The zero-order chi connectivity index (χ0) is 26.8. The lowest BCUT2D eigenvalue weighted by Gasteiger charge is -2.14. The van der Waals surface area contributed by atoms with Gasteiger partial charge in [0.1, 0.15) is 11.3 Å². The van der Waals surface area contributed by atoms with E-state index in [1.165, 1.54) is 0 Å². The molecule has 2 aromatic heterocycles. The van der Waals surface area contributed by atoms with Gasteiger partial charge in [-0.25, -0.2) is 9.36 Å². The molecule has 0 aliphatic heterocycles. The van der Waals surface area contributed by atoms with E-state index in [0.29, 0.717) is 29.2 Å². The van der Waals surface area contributed by atoms with Crippen LogP contribution in [-0.2, 0) is 6.42 Å². The highest BCUT2D eigenvalue weighted by molar-refractivity contribution is 6.30. The molecule has 0 atom stereocenters. The van der Waals surface area contributed by atoms with Crippen molar-refractivity contribution in [1.82, 2.24) is 14.5 Å². The lowest BCUT2D eigenvalue weighted by Crippen LogP contribution is -2.33. The first-order valence-electron chi connectivity index (χ1n) is 12.0. The van der Waals surface area contributed by atoms with Gasteiger partial charge in [0.2, 0.25) is 5.88 Å². The SMILES string of the molecule is COc1ccc2[nH]cc(CCN=C(c3ccc(Cl)cc3)c3c(O)n(-c4ccc(C)cc4)c(=O)[nH]c3=O)c2c1. The number of aromatic nitrogens is 3. The second kappa shape index (κ2) is 10.4. The van der Waals surface area contributed by atoms with Crippen molar-refractivity contribution in [3.05, 3.63) is 121 Å². The van der Waals surface area contributed by atoms with Gasteiger partial charge in [-0.15, -0.1) is 0 Å². The first kappa shape index (κ1) is 25.1. The maximum absolute atomic E-state index is 13.1. The van der Waals surface area contributed by atoms with E-state index in [1.807, 2.05) is 43.5 Å². The quantitative estimate of drug-likeness (QED) is 0.264. The van der Waals surface area contributed by atoms with Gasteiger partial charge in [0.15, 0.2) is 0 Å². The molecule has 38 heavy (non-hydrogen) atoms. The van der Waals surface area contributed by atoms with Gasteiger partial charge in [-0.2, -0.15) is 0 Å². The number of methoxy groups -OCH3 is 1. The number of nitrogens with zero attached hydrogens (tertiary/aromatic N) is 2. The Bertz CT molecular complexity index is 1760. The normalized spacial score (nSPS) is 11.7. The molecule has 0 unspecified atom stereocenters. The van der Waals surface area contributed by atoms with Crippen LogP contribution >= 0.6 is 11.6 Å². The molecule has 5 aromatic rings. The van der Waals surface area contributed by atoms with E-state index in [4.69, 9.17) is 21.3 Å². The van der Waals surface area contributed by atoms with Crippen LogP contribution in [0.3, 0.4) is 0 Å². The summed E-state index contributed by atoms with van der Waals surface area (Å²) in [5.41, 5.74) is 2.65. The first-order valence-corrected chi connectivity index (χ1v) is 12.3. The van der Waals surface area contributed by atoms with Crippen molar-refractivity contribution in [2.75, 3.05) is 13.7 Å². The summed E-state index contributed by atoms with van der Waals surface area (Å²) in [7, 11) is 1.62. The number of fused-ring (bicyclic) bond motifs is 1. The Kier molecular flexibility index (Phi) is 6.89. The predicted molar refractivity (Wildman–Crippen MR) is 150 cm³/mol. The van der Waals surface area contributed by atoms with E-state index in [0.717, 1.165) is 32.3 Å². The highest BCUT2D eigenvalue weighted by Gasteiger charge is 2.22. The fourth-order valence-corrected chi connectivity index (χ4v) is 4.50. The van der Waals surface area contributed by atoms with Gasteiger partial charge in [0.05, 0.1) is 18.5 Å². The van der Waals surface area contributed by atoms with Crippen LogP contribution in [-0.4, -0.2) is 39.0 Å². The molecule has 3 N–H and O–H groups in total. The van der Waals surface area contributed by atoms with E-state index in [2.05, 4.69) is 9.97 Å². The van der Waals surface area contributed by atoms with E-state index in [9.17, 15) is 14.7 Å². The van der Waals surface area contributed by atoms with Gasteiger partial charge in [0.25, 0.3) is 5.56 Å². The van der Waals surface area contributed by atoms with Crippen molar-refractivity contribution >= 4 is 28.2 Å². The predicted octanol–water partition coefficient (Wildman–Crippen LogP) is 4.76. The number of aromatic hydroxyl groups is 1. The summed E-state index contributed by atoms with van der Waals surface area (Å²) in [6.45, 7) is 2.23. The minimum absolute atomic E-state index is 0.104. The summed E-state index contributed by atoms with van der Waals surface area (Å²) in [4.78, 5) is 36.1. The monoisotopic (exact) mass is 528 g/mol. The third-order valence-electron chi connectivity index (χ3n) is 6.36. The molecule has 0 spiro atoms. The third kappa shape index (κ3) is 4.86. The van der Waals surface area contributed by atoms with Crippen molar-refractivity contribution in [3.8, 4) is 17.3 Å². The standard InChI is InChI=1S/C29H25ClN4O4/c1-17-3-9-21(10-4-17)34-28(36)25(27(35)33-29(34)37)26(18-5-7-20(30)8-6-18)31-14-13-19-16-32-24-12-11-22(38-2)15-23(19)24/h3-12,15-16,32,36H,13-14H2,1-2H3,(H,33,35,37). The topological polar surface area (TPSA) is 112 Å². The minimum Gasteiger partial charge on any atom is -0.497 e. The maximum atomic E-state index is 13.1. The summed E-state index contributed by atoms with van der Waals surface area (Å²) in [5.74, 6) is 0.256. The number of aryl methyl sites for hydroxylation is 1. The summed E-state index contributed by atoms with van der Waals surface area (Å²) in [5, 5.41) is 12.8. The number of nitrogens with one attached hydrogen (secondary N) is 2. The minimum atomic E-state index is -0.747. The number of benzene rings is 3. The molecule has 0 aliphatic carbocycles. The number of H-pyrrole nitrogens is 2. The Morgan fingerprint density at radius 3 is 2.50 bits per heavy atom. The first-order chi connectivity index (χ1) is 18.4. The Morgan fingerprint density at radius 1 is 1.05 bits per heavy atom. The third-order valence-corrected chi connectivity index (χ3v) is 6.61. The van der Waals surface area contributed by atoms with E-state index < -0.39 is 17.1 Å². The van der Waals surface area contributed by atoms with Gasteiger partial charge in [-0.1, -0.05) is 41.4 Å². The number of aliphatic imine (C=N–C) groups is 1. The van der Waals surface area contributed by atoms with Gasteiger partial charge in [0, 0.05) is 34.2 Å². The lowest BCUT2D eigenvalue weighted by atomic mass is 10.0. The molecule has 3 aromatic carbocycles. The molecule has 0 saturated carbocycles. The van der Waals surface area contributed by atoms with Gasteiger partial charge >= 0.3 is 5.69 Å². The van der Waals surface area contributed by atoms with Crippen molar-refractivity contribution in [2.45, 2.75) is 13.3 Å². The summed E-state index contributed by atoms with van der Waals surface area (Å²) in [6, 6.07) is 19.6. The fourth-order valence-electron chi connectivity index (χ4n) is 4.37. The molecule has 5 rings (SSSR count). The number of ether oxygens (including phenoxy) is 1. The summed E-state index contributed by atoms with van der Waals surface area (Å²) < 4.78 is 6.42. The van der Waals surface area contributed by atoms with Crippen LogP contribution in [0.15, 0.2) is 87.5 Å². The highest BCUT2D eigenvalue weighted by atomic mass is 35.5. The lowest BCUT2D eigenvalue weighted by molar-refractivity contribution is 0.415. The molecule has 0 amide bonds. The van der Waals surface area contributed by atoms with Crippen LogP contribution in [0.4, 0.5) is 0 Å². The Labute approximate surface area is 222 Å². The van der Waals surface area contributed by atoms with Crippen LogP contribution < -0.4 is 16.0 Å². The molecule has 2 heterocycles. The maximum Gasteiger partial charge on any atom is 0.335 e. The van der Waals surface area contributed by atoms with Crippen molar-refractivity contribution in [3.63, 3.8) is 0 Å². The van der Waals surface area contributed by atoms with E-state index >= 15 is 0 Å². The van der Waals surface area contributed by atoms with Crippen LogP contribution in [0.25, 0.3) is 16.6 Å². The second-order valence-electron chi connectivity index (χ2n) is 8.84. The highest BCUT2D eigenvalue weighted by Crippen LogP contribution is 2.25. The molecular formula is C29H25ClN4O4. The number of hydrogen-bond acceptors (Lipinski definition) is 5. The van der Waals surface area contributed by atoms with Crippen LogP contribution in [0.1, 0.15) is 22.3 Å². The molecule has 0 saturated heterocycles. The average molecular weight is 529 g/mol. The Hall–Kier alpha value is -4.56. The van der Waals surface area contributed by atoms with Crippen LogP contribution in [0.2, 0.25) is 5.02 Å². The second-order valence-corrected chi connectivity index (χ2v) is 9.28. The smallest absolute Gasteiger partial charge is 0.335 e. The van der Waals surface area contributed by atoms with Crippen molar-refractivity contribution < 1.29 is 9.84 Å². The summed E-state index contributed by atoms with van der Waals surface area (Å²) in [6.07, 6.45) is 2.48. The van der Waals surface area contributed by atoms with E-state index in [1.54, 1.807) is 43.5 Å². The number of aromatic amines is 2. The Morgan fingerprint density at radius 2 is 1.79 bits per heavy atom. The average Bonchev–Trinajstić information content (AvgIpc) is 3.31. The van der Waals surface area contributed by atoms with Crippen molar-refractivity contribution in [2.24, 2.45) is 4.99 Å². The zero-order valence-electron chi connectivity index (χ0n) is 20.8. The number of rotatable bonds is 7. The molecule has 0 fully saturated rings. The van der Waals surface area contributed by atoms with Gasteiger partial charge in [-0.3, -0.25) is 14.8 Å². The summed E-state index contributed by atoms with van der Waals surface area (Å²) >= 11 is 6.10. The number of hydrogen-bond donors (Lipinski definition) is 3. The molecule has 8 nitrogen and oxygen atoms in total. The van der Waals surface area contributed by atoms with Crippen molar-refractivity contribution in [1.29, 1.82) is 0 Å². The Balaban J connectivity index is 1.60. The van der Waals surface area contributed by atoms with Crippen LogP contribution in [0.5, 0.6) is 11.6 Å². The zero-order valence-corrected chi connectivity index (χ0v) is 21.5. The molecule has 0 radical (unpaired) electrons.